The summed E-state index contributed by atoms with van der Waals surface area (Å²) in [6.45, 7) is 22.2. The van der Waals surface area contributed by atoms with Gasteiger partial charge in [0.15, 0.2) is 0 Å². The summed E-state index contributed by atoms with van der Waals surface area (Å²) in [4.78, 5) is 71.1. The number of carbonyl (C=O) groups is 6. The highest BCUT2D eigenvalue weighted by molar-refractivity contribution is 5.87. The third-order valence-corrected chi connectivity index (χ3v) is 10.7. The number of hydrogen-bond acceptors (Lipinski definition) is 12. The zero-order chi connectivity index (χ0) is 43.6. The Morgan fingerprint density at radius 2 is 1.16 bits per heavy atom. The van der Waals surface area contributed by atoms with E-state index in [1.165, 1.54) is 0 Å². The number of rotatable bonds is 10. The number of alkyl halides is 6. The van der Waals surface area contributed by atoms with E-state index in [4.69, 9.17) is 23.7 Å². The molecule has 322 valence electrons. The lowest BCUT2D eigenvalue weighted by Crippen LogP contribution is -2.50. The van der Waals surface area contributed by atoms with Gasteiger partial charge in [-0.3, -0.25) is 24.0 Å². The average molecular weight is 819 g/mol. The fraction of sp³-hybridized carbons (Fsp3) is 0.842. The third-order valence-electron chi connectivity index (χ3n) is 10.7. The molecule has 2 aliphatic heterocycles. The first-order chi connectivity index (χ1) is 25.3. The number of halogens is 6. The first kappa shape index (κ1) is 48.5. The zero-order valence-corrected chi connectivity index (χ0v) is 34.0. The monoisotopic (exact) mass is 818 g/mol. The molecule has 4 aliphatic rings. The van der Waals surface area contributed by atoms with Crippen molar-refractivity contribution in [3.8, 4) is 0 Å². The number of ether oxygens (including phenoxy) is 6. The number of carbonyl (C=O) groups excluding carboxylic acids is 6. The van der Waals surface area contributed by atoms with E-state index < -0.39 is 95.1 Å². The minimum atomic E-state index is -5.87. The summed E-state index contributed by atoms with van der Waals surface area (Å²) in [5.74, 6) is -8.71. The highest BCUT2D eigenvalue weighted by Gasteiger charge is 2.71. The van der Waals surface area contributed by atoms with Crippen molar-refractivity contribution in [1.82, 2.24) is 0 Å². The molecular weight excluding hydrogens is 762 g/mol. The molecule has 56 heavy (non-hydrogen) atoms. The van der Waals surface area contributed by atoms with Crippen LogP contribution in [0.4, 0.5) is 26.3 Å². The Hall–Kier alpha value is -3.60. The molecule has 0 aromatic rings. The maximum Gasteiger partial charge on any atom is 0.434 e. The van der Waals surface area contributed by atoms with Crippen LogP contribution < -0.4 is 0 Å². The Labute approximate surface area is 323 Å². The molecule has 2 bridgehead atoms. The van der Waals surface area contributed by atoms with Gasteiger partial charge in [-0.1, -0.05) is 20.8 Å². The zero-order valence-electron chi connectivity index (χ0n) is 34.0. The molecular formula is C38H56F6O12. The molecule has 0 spiro atoms. The fourth-order valence-electron chi connectivity index (χ4n) is 5.99. The molecule has 12 nitrogen and oxygen atoms in total. The molecule has 0 radical (unpaired) electrons. The summed E-state index contributed by atoms with van der Waals surface area (Å²) in [5, 5.41) is 0. The van der Waals surface area contributed by atoms with Crippen LogP contribution in [0.2, 0.25) is 0 Å². The summed E-state index contributed by atoms with van der Waals surface area (Å²) in [6, 6.07) is 0. The highest BCUT2D eigenvalue weighted by atomic mass is 19.4. The standard InChI is InChI=1S/C18H20F6O6.C10H16O4.C10H20O2/c1-4-16(2,3)15(27)29-11-7-5-6-8(12(25)28-10(6)11)9(7)13(26)30-14(17(19,20)21)18(22,23)24;1-4-10(2,3)9(12)14-7-5-6-13-8(7)11;1-7-10(5,6)8(11)12-9(2,3)4/h6-11,14H,4-5H2,1-3H3;7H,4-6H2,1-3H3;7H2,1-6H3. The van der Waals surface area contributed by atoms with Gasteiger partial charge < -0.3 is 28.4 Å². The van der Waals surface area contributed by atoms with Crippen LogP contribution >= 0.6 is 0 Å². The Morgan fingerprint density at radius 1 is 0.696 bits per heavy atom. The predicted octanol–water partition coefficient (Wildman–Crippen LogP) is 7.22. The predicted molar refractivity (Wildman–Crippen MR) is 184 cm³/mol. The smallest absolute Gasteiger partial charge is 0.434 e. The highest BCUT2D eigenvalue weighted by Crippen LogP contribution is 2.59. The minimum absolute atomic E-state index is 0.0913. The molecule has 0 N–H and O–H groups in total. The van der Waals surface area contributed by atoms with Crippen molar-refractivity contribution in [2.75, 3.05) is 6.61 Å². The van der Waals surface area contributed by atoms with Crippen LogP contribution in [-0.2, 0) is 57.2 Å². The summed E-state index contributed by atoms with van der Waals surface area (Å²) < 4.78 is 106. The van der Waals surface area contributed by atoms with Crippen molar-refractivity contribution in [1.29, 1.82) is 0 Å². The topological polar surface area (TPSA) is 158 Å². The van der Waals surface area contributed by atoms with E-state index in [2.05, 4.69) is 4.74 Å². The Kier molecular flexibility index (Phi) is 15.2. The largest absolute Gasteiger partial charge is 0.463 e. The molecule has 4 fully saturated rings. The molecule has 2 saturated carbocycles. The van der Waals surface area contributed by atoms with Crippen LogP contribution in [0.25, 0.3) is 0 Å². The lowest BCUT2D eigenvalue weighted by Gasteiger charge is -2.33. The van der Waals surface area contributed by atoms with Crippen LogP contribution in [0.1, 0.15) is 115 Å². The van der Waals surface area contributed by atoms with E-state index >= 15 is 0 Å². The average Bonchev–Trinajstić information content (AvgIpc) is 3.80. The van der Waals surface area contributed by atoms with Crippen LogP contribution in [0.3, 0.4) is 0 Å². The van der Waals surface area contributed by atoms with Crippen LogP contribution in [0.15, 0.2) is 0 Å². The van der Waals surface area contributed by atoms with Gasteiger partial charge in [-0.15, -0.1) is 0 Å². The van der Waals surface area contributed by atoms with Gasteiger partial charge in [0, 0.05) is 18.3 Å². The van der Waals surface area contributed by atoms with Gasteiger partial charge in [0.1, 0.15) is 17.8 Å². The maximum atomic E-state index is 12.8. The van der Waals surface area contributed by atoms with Gasteiger partial charge >= 0.3 is 48.2 Å². The Bertz CT molecular complexity index is 1450. The number of hydrogen-bond donors (Lipinski definition) is 0. The number of esters is 6. The second-order valence-corrected chi connectivity index (χ2v) is 17.4. The fourth-order valence-corrected chi connectivity index (χ4v) is 5.99. The second kappa shape index (κ2) is 17.5. The van der Waals surface area contributed by atoms with E-state index in [9.17, 15) is 55.1 Å². The van der Waals surface area contributed by atoms with Gasteiger partial charge in [0.2, 0.25) is 6.10 Å². The summed E-state index contributed by atoms with van der Waals surface area (Å²) >= 11 is 0. The molecule has 2 aliphatic carbocycles. The number of fused-ring (bicyclic) bond motifs is 1. The molecule has 7 unspecified atom stereocenters. The van der Waals surface area contributed by atoms with Gasteiger partial charge in [0.25, 0.3) is 6.10 Å². The van der Waals surface area contributed by atoms with E-state index in [-0.39, 0.29) is 29.4 Å². The first-order valence-electron chi connectivity index (χ1n) is 18.6. The third kappa shape index (κ3) is 11.7. The quantitative estimate of drug-likeness (QED) is 0.124. The van der Waals surface area contributed by atoms with Crippen molar-refractivity contribution in [2.24, 2.45) is 39.9 Å². The van der Waals surface area contributed by atoms with Gasteiger partial charge in [0.05, 0.1) is 34.7 Å². The van der Waals surface area contributed by atoms with Crippen molar-refractivity contribution in [3.63, 3.8) is 0 Å². The molecule has 4 rings (SSSR count). The van der Waals surface area contributed by atoms with Crippen molar-refractivity contribution >= 4 is 35.8 Å². The Morgan fingerprint density at radius 3 is 1.57 bits per heavy atom. The normalized spacial score (nSPS) is 25.9. The van der Waals surface area contributed by atoms with Gasteiger partial charge in [-0.2, -0.15) is 26.3 Å². The van der Waals surface area contributed by atoms with E-state index in [1.807, 2.05) is 48.5 Å². The van der Waals surface area contributed by atoms with Crippen molar-refractivity contribution in [2.45, 2.75) is 158 Å². The lowest BCUT2D eigenvalue weighted by molar-refractivity contribution is -0.315. The van der Waals surface area contributed by atoms with Gasteiger partial charge in [-0.25, -0.2) is 4.79 Å². The molecule has 18 heteroatoms. The van der Waals surface area contributed by atoms with Crippen molar-refractivity contribution < 1.29 is 83.5 Å². The second-order valence-electron chi connectivity index (χ2n) is 17.4. The van der Waals surface area contributed by atoms with Crippen LogP contribution in [-0.4, -0.2) is 84.8 Å². The van der Waals surface area contributed by atoms with E-state index in [1.54, 1.807) is 34.6 Å². The SMILES string of the molecule is CCC(C)(C)C(=O)OC(C)(C)C.CCC(C)(C)C(=O)OC1C2CC3C1OC(=O)C3C2C(=O)OC(C(F)(F)F)C(F)(F)F.CCC(C)(C)C(=O)OC1CCOC1=O. The minimum Gasteiger partial charge on any atom is -0.463 e. The summed E-state index contributed by atoms with van der Waals surface area (Å²) in [6.07, 6.45) is -16.3. The molecule has 7 atom stereocenters. The summed E-state index contributed by atoms with van der Waals surface area (Å²) in [5.41, 5.74) is -2.17. The lowest BCUT2D eigenvalue weighted by atomic mass is 9.78. The first-order valence-corrected chi connectivity index (χ1v) is 18.6. The molecule has 0 aromatic heterocycles. The van der Waals surface area contributed by atoms with E-state index in [0.717, 1.165) is 6.42 Å². The van der Waals surface area contributed by atoms with Gasteiger partial charge in [-0.05, 0) is 88.0 Å². The molecule has 0 amide bonds. The summed E-state index contributed by atoms with van der Waals surface area (Å²) in [7, 11) is 0. The molecule has 0 aromatic carbocycles. The van der Waals surface area contributed by atoms with Crippen molar-refractivity contribution in [3.05, 3.63) is 0 Å². The number of cyclic esters (lactones) is 1. The van der Waals surface area contributed by atoms with Crippen LogP contribution in [0.5, 0.6) is 0 Å². The molecule has 2 saturated heterocycles. The maximum absolute atomic E-state index is 12.8. The van der Waals surface area contributed by atoms with E-state index in [0.29, 0.717) is 25.9 Å². The molecule has 2 heterocycles. The Balaban J connectivity index is 0.000000345. The van der Waals surface area contributed by atoms with Crippen LogP contribution in [0, 0.1) is 39.9 Å².